The fraction of sp³-hybridized carbons (Fsp3) is 0.429. The van der Waals surface area contributed by atoms with Gasteiger partial charge in [0, 0.05) is 32.1 Å². The number of rotatable bonds is 2. The van der Waals surface area contributed by atoms with E-state index in [4.69, 9.17) is 10.00 Å². The summed E-state index contributed by atoms with van der Waals surface area (Å²) in [6.45, 7) is 1.15. The van der Waals surface area contributed by atoms with Crippen LogP contribution in [0.5, 0.6) is 0 Å². The maximum Gasteiger partial charge on any atom is 0.270 e. The van der Waals surface area contributed by atoms with E-state index in [9.17, 15) is 9.90 Å². The van der Waals surface area contributed by atoms with E-state index in [-0.39, 0.29) is 17.6 Å². The van der Waals surface area contributed by atoms with Crippen molar-refractivity contribution in [3.05, 3.63) is 59.4 Å². The number of nitrogens with zero attached hydrogens (tertiary/aromatic N) is 2. The van der Waals surface area contributed by atoms with Crippen molar-refractivity contribution in [1.82, 2.24) is 9.88 Å². The van der Waals surface area contributed by atoms with E-state index in [2.05, 4.69) is 4.98 Å². The zero-order valence-electron chi connectivity index (χ0n) is 15.1. The minimum Gasteiger partial charge on any atom is -0.393 e. The quantitative estimate of drug-likeness (QED) is 0.856. The second-order valence-corrected chi connectivity index (χ2v) is 7.50. The SMILES string of the molecule is N#Cc1c[nH]c(C(=O)N2CCC3(CC2)C[C@@H](O)C[C@H](c2ccccc2)O3)c1. The number of nitrogens with one attached hydrogen (secondary N) is 1. The van der Waals surface area contributed by atoms with Crippen molar-refractivity contribution < 1.29 is 14.6 Å². The van der Waals surface area contributed by atoms with Crippen LogP contribution in [0.1, 0.15) is 53.4 Å². The molecule has 2 fully saturated rings. The molecule has 6 heteroatoms. The molecule has 0 aliphatic carbocycles. The summed E-state index contributed by atoms with van der Waals surface area (Å²) in [6.07, 6.45) is 3.65. The van der Waals surface area contributed by atoms with Crippen LogP contribution in [0.4, 0.5) is 0 Å². The number of hydrogen-bond donors (Lipinski definition) is 2. The number of ether oxygens (including phenoxy) is 1. The molecule has 1 aromatic carbocycles. The largest absolute Gasteiger partial charge is 0.393 e. The van der Waals surface area contributed by atoms with Crippen LogP contribution in [-0.2, 0) is 4.74 Å². The van der Waals surface area contributed by atoms with Crippen molar-refractivity contribution in [1.29, 1.82) is 5.26 Å². The lowest BCUT2D eigenvalue weighted by atomic mass is 9.81. The van der Waals surface area contributed by atoms with Gasteiger partial charge in [-0.25, -0.2) is 0 Å². The number of aromatic nitrogens is 1. The molecule has 1 aromatic heterocycles. The van der Waals surface area contributed by atoms with Crippen molar-refractivity contribution in [2.75, 3.05) is 13.1 Å². The average Bonchev–Trinajstić information content (AvgIpc) is 3.17. The number of likely N-dealkylation sites (tertiary alicyclic amines) is 1. The van der Waals surface area contributed by atoms with Crippen molar-refractivity contribution in [2.24, 2.45) is 0 Å². The standard InChI is InChI=1S/C21H23N3O3/c22-13-15-10-18(23-14-15)20(26)24-8-6-21(7-9-24)12-17(25)11-19(27-21)16-4-2-1-3-5-16/h1-5,10,14,17,19,23,25H,6-9,11-12H2/t17-,19+/m0/s1. The summed E-state index contributed by atoms with van der Waals surface area (Å²) in [4.78, 5) is 17.3. The van der Waals surface area contributed by atoms with Crippen LogP contribution >= 0.6 is 0 Å². The predicted octanol–water partition coefficient (Wildman–Crippen LogP) is 2.77. The van der Waals surface area contributed by atoms with Crippen LogP contribution in [0.2, 0.25) is 0 Å². The molecule has 140 valence electrons. The van der Waals surface area contributed by atoms with E-state index in [0.29, 0.717) is 50.0 Å². The highest BCUT2D eigenvalue weighted by atomic mass is 16.5. The monoisotopic (exact) mass is 365 g/mol. The van der Waals surface area contributed by atoms with Gasteiger partial charge in [-0.15, -0.1) is 0 Å². The van der Waals surface area contributed by atoms with Crippen molar-refractivity contribution in [2.45, 2.75) is 43.5 Å². The topological polar surface area (TPSA) is 89.4 Å². The van der Waals surface area contributed by atoms with Gasteiger partial charge in [-0.2, -0.15) is 5.26 Å². The molecule has 4 rings (SSSR count). The van der Waals surface area contributed by atoms with Gasteiger partial charge in [-0.05, 0) is 24.5 Å². The van der Waals surface area contributed by atoms with Gasteiger partial charge in [0.2, 0.25) is 0 Å². The third-order valence-corrected chi connectivity index (χ3v) is 5.66. The Balaban J connectivity index is 1.44. The summed E-state index contributed by atoms with van der Waals surface area (Å²) < 4.78 is 6.48. The Kier molecular flexibility index (Phi) is 4.73. The van der Waals surface area contributed by atoms with E-state index < -0.39 is 6.10 Å². The first-order valence-electron chi connectivity index (χ1n) is 9.37. The minimum atomic E-state index is -0.396. The van der Waals surface area contributed by atoms with Gasteiger partial charge in [0.25, 0.3) is 5.91 Å². The van der Waals surface area contributed by atoms with E-state index in [0.717, 1.165) is 5.56 Å². The van der Waals surface area contributed by atoms with Crippen LogP contribution in [-0.4, -0.2) is 45.7 Å². The van der Waals surface area contributed by atoms with Crippen LogP contribution in [0.25, 0.3) is 0 Å². The second-order valence-electron chi connectivity index (χ2n) is 7.50. The summed E-state index contributed by atoms with van der Waals surface area (Å²) in [6, 6.07) is 13.6. The van der Waals surface area contributed by atoms with Gasteiger partial charge in [0.1, 0.15) is 11.8 Å². The summed E-state index contributed by atoms with van der Waals surface area (Å²) in [5.74, 6) is -0.0951. The van der Waals surface area contributed by atoms with Crippen LogP contribution in [0.3, 0.4) is 0 Å². The number of aromatic amines is 1. The first-order valence-corrected chi connectivity index (χ1v) is 9.37. The van der Waals surface area contributed by atoms with Gasteiger partial charge >= 0.3 is 0 Å². The number of hydrogen-bond acceptors (Lipinski definition) is 4. The lowest BCUT2D eigenvalue weighted by Gasteiger charge is -2.48. The molecule has 2 N–H and O–H groups in total. The maximum absolute atomic E-state index is 12.6. The Bertz CT molecular complexity index is 847. The van der Waals surface area contributed by atoms with Gasteiger partial charge in [0.05, 0.1) is 23.4 Å². The molecular formula is C21H23N3O3. The molecule has 0 bridgehead atoms. The Morgan fingerprint density at radius 1 is 1.30 bits per heavy atom. The Hall–Kier alpha value is -2.62. The van der Waals surface area contributed by atoms with Crippen molar-refractivity contribution in [3.63, 3.8) is 0 Å². The van der Waals surface area contributed by atoms with Crippen molar-refractivity contribution >= 4 is 5.91 Å². The summed E-state index contributed by atoms with van der Waals surface area (Å²) in [7, 11) is 0. The average molecular weight is 365 g/mol. The molecule has 2 aliphatic rings. The molecule has 1 spiro atoms. The molecule has 2 atom stereocenters. The number of piperidine rings is 1. The Labute approximate surface area is 158 Å². The fourth-order valence-corrected chi connectivity index (χ4v) is 4.22. The van der Waals surface area contributed by atoms with Gasteiger partial charge in [-0.3, -0.25) is 4.79 Å². The number of H-pyrrole nitrogens is 1. The molecule has 0 radical (unpaired) electrons. The van der Waals surface area contributed by atoms with E-state index in [1.54, 1.807) is 17.2 Å². The number of amides is 1. The molecule has 0 saturated carbocycles. The number of aliphatic hydroxyl groups is 1. The highest BCUT2D eigenvalue weighted by Crippen LogP contribution is 2.43. The normalized spacial score (nSPS) is 24.5. The zero-order chi connectivity index (χ0) is 18.9. The molecule has 2 aromatic rings. The van der Waals surface area contributed by atoms with Gasteiger partial charge in [0.15, 0.2) is 0 Å². The highest BCUT2D eigenvalue weighted by Gasteiger charge is 2.44. The molecule has 0 unspecified atom stereocenters. The first-order chi connectivity index (χ1) is 13.1. The van der Waals surface area contributed by atoms with Gasteiger partial charge < -0.3 is 19.7 Å². The molecule has 27 heavy (non-hydrogen) atoms. The number of aliphatic hydroxyl groups excluding tert-OH is 1. The minimum absolute atomic E-state index is 0.0951. The first kappa shape index (κ1) is 17.8. The van der Waals surface area contributed by atoms with E-state index in [1.165, 1.54) is 0 Å². The predicted molar refractivity (Wildman–Crippen MR) is 98.9 cm³/mol. The Morgan fingerprint density at radius 3 is 2.70 bits per heavy atom. The van der Waals surface area contributed by atoms with Crippen LogP contribution < -0.4 is 0 Å². The molecule has 3 heterocycles. The maximum atomic E-state index is 12.6. The van der Waals surface area contributed by atoms with E-state index >= 15 is 0 Å². The second kappa shape index (κ2) is 7.18. The van der Waals surface area contributed by atoms with E-state index in [1.807, 2.05) is 36.4 Å². The number of carbonyl (C=O) groups excluding carboxylic acids is 1. The molecular weight excluding hydrogens is 342 g/mol. The fourth-order valence-electron chi connectivity index (χ4n) is 4.22. The van der Waals surface area contributed by atoms with Crippen LogP contribution in [0, 0.1) is 11.3 Å². The molecule has 1 amide bonds. The Morgan fingerprint density at radius 2 is 2.04 bits per heavy atom. The highest BCUT2D eigenvalue weighted by molar-refractivity contribution is 5.93. The lowest BCUT2D eigenvalue weighted by Crippen LogP contribution is -2.52. The third-order valence-electron chi connectivity index (χ3n) is 5.66. The smallest absolute Gasteiger partial charge is 0.270 e. The van der Waals surface area contributed by atoms with Crippen molar-refractivity contribution in [3.8, 4) is 6.07 Å². The summed E-state index contributed by atoms with van der Waals surface area (Å²) >= 11 is 0. The summed E-state index contributed by atoms with van der Waals surface area (Å²) in [5.41, 5.74) is 1.60. The number of carbonyl (C=O) groups is 1. The molecule has 2 saturated heterocycles. The van der Waals surface area contributed by atoms with Crippen LogP contribution in [0.15, 0.2) is 42.6 Å². The third kappa shape index (κ3) is 3.61. The molecule has 2 aliphatic heterocycles. The summed E-state index contributed by atoms with van der Waals surface area (Å²) in [5, 5.41) is 19.4. The number of benzene rings is 1. The van der Waals surface area contributed by atoms with Gasteiger partial charge in [-0.1, -0.05) is 30.3 Å². The lowest BCUT2D eigenvalue weighted by molar-refractivity contribution is -0.181. The number of nitriles is 1. The zero-order valence-corrected chi connectivity index (χ0v) is 15.1. The molecule has 6 nitrogen and oxygen atoms in total.